The molecule has 1 fully saturated rings. The summed E-state index contributed by atoms with van der Waals surface area (Å²) < 4.78 is 48.8. The van der Waals surface area contributed by atoms with Crippen molar-refractivity contribution in [2.24, 2.45) is 0 Å². The zero-order valence-corrected chi connectivity index (χ0v) is 27.4. The van der Waals surface area contributed by atoms with Gasteiger partial charge in [-0.15, -0.1) is 0 Å². The molecule has 0 aliphatic carbocycles. The van der Waals surface area contributed by atoms with Crippen molar-refractivity contribution < 1.29 is 31.5 Å². The summed E-state index contributed by atoms with van der Waals surface area (Å²) in [5.74, 6) is 1.54. The number of aromatic nitrogens is 1. The number of rotatable bonds is 13. The fraction of sp³-hybridized carbons (Fsp3) is 0.314. The molecule has 4 aromatic rings. The molecule has 1 saturated heterocycles. The minimum Gasteiger partial charge on any atom is -0.748 e. The van der Waals surface area contributed by atoms with Crippen molar-refractivity contribution in [3.63, 3.8) is 0 Å². The van der Waals surface area contributed by atoms with Gasteiger partial charge in [-0.3, -0.25) is 4.79 Å². The lowest BCUT2D eigenvalue weighted by molar-refractivity contribution is -0.677. The van der Waals surface area contributed by atoms with Gasteiger partial charge in [0.1, 0.15) is 6.04 Å². The fourth-order valence-corrected chi connectivity index (χ4v) is 6.57. The maximum Gasteiger partial charge on any atom is 0.374 e. The average Bonchev–Trinajstić information content (AvgIpc) is 3.33. The van der Waals surface area contributed by atoms with Crippen LogP contribution in [-0.2, 0) is 21.5 Å². The molecule has 1 atom stereocenters. The number of halogens is 1. The number of nitrogens with zero attached hydrogens (tertiary/aromatic N) is 3. The lowest BCUT2D eigenvalue weighted by atomic mass is 10.1. The fourth-order valence-electron chi connectivity index (χ4n) is 5.92. The van der Waals surface area contributed by atoms with Crippen molar-refractivity contribution in [3.05, 3.63) is 95.2 Å². The molecule has 1 aromatic heterocycles. The summed E-state index contributed by atoms with van der Waals surface area (Å²) in [6, 6.07) is 21.3. The largest absolute Gasteiger partial charge is 0.748 e. The van der Waals surface area contributed by atoms with Crippen LogP contribution in [0.2, 0.25) is 5.02 Å². The second-order valence-corrected chi connectivity index (χ2v) is 13.5. The van der Waals surface area contributed by atoms with Crippen LogP contribution in [0.3, 0.4) is 0 Å². The standard InChI is InChI=1S/C35H36ClN3O6S/c1-3-16-39-28(35(39)40)15-18-38-30-23-27(36)12-14-32(30)45-34(38)21-24(4-2)20-33-37(17-8-19-46(41,42)43)29-22-26(11-13-31(29)44-33)25-9-6-5-7-10-25/h5-7,9-14,20-23,28H,3-4,8,15-19H2,1-2H3. The van der Waals surface area contributed by atoms with E-state index in [-0.39, 0.29) is 24.9 Å². The van der Waals surface area contributed by atoms with Gasteiger partial charge in [-0.25, -0.2) is 8.42 Å². The van der Waals surface area contributed by atoms with Crippen LogP contribution in [0.1, 0.15) is 45.4 Å². The molecule has 3 aromatic carbocycles. The molecular weight excluding hydrogens is 626 g/mol. The Morgan fingerprint density at radius 2 is 1.85 bits per heavy atom. The van der Waals surface area contributed by atoms with E-state index < -0.39 is 15.9 Å². The molecule has 0 N–H and O–H groups in total. The Bertz CT molecular complexity index is 1940. The molecule has 6 rings (SSSR count). The third-order valence-electron chi connectivity index (χ3n) is 8.30. The summed E-state index contributed by atoms with van der Waals surface area (Å²) >= 11 is 6.37. The molecule has 240 valence electrons. The van der Waals surface area contributed by atoms with E-state index in [1.807, 2.05) is 89.2 Å². The summed E-state index contributed by atoms with van der Waals surface area (Å²) in [4.78, 5) is 16.3. The molecule has 46 heavy (non-hydrogen) atoms. The predicted octanol–water partition coefficient (Wildman–Crippen LogP) is 6.52. The smallest absolute Gasteiger partial charge is 0.374 e. The molecular formula is C35H36ClN3O6S. The first kappa shape index (κ1) is 31.8. The van der Waals surface area contributed by atoms with Gasteiger partial charge >= 0.3 is 5.89 Å². The number of hydrogen-bond donors (Lipinski definition) is 0. The Kier molecular flexibility index (Phi) is 9.22. The van der Waals surface area contributed by atoms with E-state index in [9.17, 15) is 17.8 Å². The molecule has 2 aliphatic rings. The van der Waals surface area contributed by atoms with Crippen LogP contribution in [0, 0.1) is 0 Å². The molecule has 3 heterocycles. The maximum atomic E-state index is 12.3. The van der Waals surface area contributed by atoms with E-state index in [0.717, 1.165) is 40.9 Å². The Hall–Kier alpha value is -4.12. The van der Waals surface area contributed by atoms with Gasteiger partial charge in [0, 0.05) is 42.4 Å². The van der Waals surface area contributed by atoms with Gasteiger partial charge in [-0.05, 0) is 60.2 Å². The van der Waals surface area contributed by atoms with E-state index in [2.05, 4.69) is 11.8 Å². The first-order valence-electron chi connectivity index (χ1n) is 15.6. The highest BCUT2D eigenvalue weighted by Crippen LogP contribution is 2.42. The molecule has 1 amide bonds. The second kappa shape index (κ2) is 13.3. The summed E-state index contributed by atoms with van der Waals surface area (Å²) in [6.45, 7) is 5.71. The summed E-state index contributed by atoms with van der Waals surface area (Å²) in [6.07, 6.45) is 6.25. The second-order valence-electron chi connectivity index (χ2n) is 11.5. The van der Waals surface area contributed by atoms with Gasteiger partial charge in [-0.1, -0.05) is 61.8 Å². The number of fused-ring (bicyclic) bond motifs is 2. The van der Waals surface area contributed by atoms with Crippen molar-refractivity contribution >= 4 is 50.5 Å². The van der Waals surface area contributed by atoms with Crippen LogP contribution >= 0.6 is 11.6 Å². The number of ether oxygens (including phenoxy) is 1. The minimum absolute atomic E-state index is 0.0844. The predicted molar refractivity (Wildman–Crippen MR) is 177 cm³/mol. The van der Waals surface area contributed by atoms with E-state index in [4.69, 9.17) is 20.8 Å². The number of oxazole rings is 1. The van der Waals surface area contributed by atoms with E-state index >= 15 is 0 Å². The van der Waals surface area contributed by atoms with Crippen molar-refractivity contribution in [1.29, 1.82) is 0 Å². The number of allylic oxidation sites excluding steroid dienone is 2. The highest BCUT2D eigenvalue weighted by atomic mass is 35.5. The molecule has 0 bridgehead atoms. The molecule has 9 nitrogen and oxygen atoms in total. The normalized spacial score (nSPS) is 17.2. The summed E-state index contributed by atoms with van der Waals surface area (Å²) in [5.41, 5.74) is 5.22. The highest BCUT2D eigenvalue weighted by molar-refractivity contribution is 7.85. The summed E-state index contributed by atoms with van der Waals surface area (Å²) in [5, 5.41) is 0.591. The molecule has 0 spiro atoms. The van der Waals surface area contributed by atoms with Crippen LogP contribution in [0.25, 0.3) is 28.3 Å². The summed E-state index contributed by atoms with van der Waals surface area (Å²) in [7, 11) is -4.37. The zero-order valence-electron chi connectivity index (χ0n) is 25.8. The highest BCUT2D eigenvalue weighted by Gasteiger charge is 2.45. The van der Waals surface area contributed by atoms with E-state index in [1.54, 1.807) is 6.07 Å². The van der Waals surface area contributed by atoms with Gasteiger partial charge in [0.2, 0.25) is 17.4 Å². The van der Waals surface area contributed by atoms with Crippen molar-refractivity contribution in [3.8, 4) is 16.9 Å². The van der Waals surface area contributed by atoms with Crippen molar-refractivity contribution in [2.75, 3.05) is 23.7 Å². The van der Waals surface area contributed by atoms with Crippen LogP contribution in [0.4, 0.5) is 5.69 Å². The van der Waals surface area contributed by atoms with Crippen LogP contribution < -0.4 is 14.2 Å². The molecule has 0 radical (unpaired) electrons. The number of aryl methyl sites for hydroxylation is 1. The third kappa shape index (κ3) is 6.99. The number of carbonyl (C=O) groups excluding carboxylic acids is 1. The SMILES string of the molecule is CCCN1C(=O)C1CCN1C(=CC(=Cc2oc3ccc(-c4ccccc4)cc3[n+]2CCCS(=O)(=O)[O-])CC)Oc2ccc(Cl)cc21. The first-order chi connectivity index (χ1) is 22.1. The Morgan fingerprint density at radius 1 is 1.04 bits per heavy atom. The molecule has 1 unspecified atom stereocenters. The Balaban J connectivity index is 1.35. The zero-order chi connectivity index (χ0) is 32.4. The molecule has 11 heteroatoms. The van der Waals surface area contributed by atoms with Crippen LogP contribution in [-0.4, -0.2) is 48.7 Å². The van der Waals surface area contributed by atoms with Crippen LogP contribution in [0.15, 0.2) is 88.7 Å². The number of benzene rings is 3. The van der Waals surface area contributed by atoms with Crippen LogP contribution in [0.5, 0.6) is 5.75 Å². The Morgan fingerprint density at radius 3 is 2.59 bits per heavy atom. The third-order valence-corrected chi connectivity index (χ3v) is 9.32. The number of hydrogen-bond acceptors (Lipinski definition) is 7. The molecule has 2 aliphatic heterocycles. The number of carbonyl (C=O) groups is 1. The topological polar surface area (TPSA) is 107 Å². The van der Waals surface area contributed by atoms with Gasteiger partial charge < -0.3 is 23.5 Å². The van der Waals surface area contributed by atoms with Gasteiger partial charge in [0.15, 0.2) is 12.3 Å². The Labute approximate surface area is 274 Å². The van der Waals surface area contributed by atoms with E-state index in [1.165, 1.54) is 0 Å². The minimum atomic E-state index is -4.37. The van der Waals surface area contributed by atoms with E-state index in [0.29, 0.717) is 47.5 Å². The number of amides is 1. The van der Waals surface area contributed by atoms with Gasteiger partial charge in [0.25, 0.3) is 5.52 Å². The van der Waals surface area contributed by atoms with Gasteiger partial charge in [0.05, 0.1) is 21.9 Å². The lowest BCUT2D eigenvalue weighted by Crippen LogP contribution is -2.36. The van der Waals surface area contributed by atoms with Crippen molar-refractivity contribution in [1.82, 2.24) is 4.90 Å². The molecule has 0 saturated carbocycles. The quantitative estimate of drug-likeness (QED) is 0.0912. The first-order valence-corrected chi connectivity index (χ1v) is 17.5. The van der Waals surface area contributed by atoms with Crippen molar-refractivity contribution in [2.45, 2.75) is 52.1 Å². The average molecular weight is 662 g/mol. The van der Waals surface area contributed by atoms with Gasteiger partial charge in [-0.2, -0.15) is 4.57 Å². The number of anilines is 1. The lowest BCUT2D eigenvalue weighted by Gasteiger charge is -2.18. The monoisotopic (exact) mass is 661 g/mol. The maximum absolute atomic E-state index is 12.3.